The van der Waals surface area contributed by atoms with E-state index in [1.807, 2.05) is 0 Å². The average Bonchev–Trinajstić information content (AvgIpc) is 2.32. The van der Waals surface area contributed by atoms with Gasteiger partial charge in [0.15, 0.2) is 0 Å². The third-order valence-electron chi connectivity index (χ3n) is 0.928. The molecule has 6 heteroatoms. The van der Waals surface area contributed by atoms with Crippen LogP contribution >= 0.6 is 11.6 Å². The summed E-state index contributed by atoms with van der Waals surface area (Å²) < 4.78 is 39.4. The molecule has 0 N–H and O–H groups in total. The number of alkyl halides is 4. The molecule has 0 atom stereocenters. The van der Waals surface area contributed by atoms with E-state index < -0.39 is 12.1 Å². The Morgan fingerprint density at radius 1 is 1.55 bits per heavy atom. The second-order valence-electron chi connectivity index (χ2n) is 1.76. The molecule has 1 rings (SSSR count). The fourth-order valence-corrected chi connectivity index (χ4v) is 0.624. The minimum absolute atomic E-state index is 0.0130. The number of nitrogens with zero attached hydrogens (tertiary/aromatic N) is 1. The smallest absolute Gasteiger partial charge is 0.437 e. The van der Waals surface area contributed by atoms with Gasteiger partial charge < -0.3 is 4.42 Å². The van der Waals surface area contributed by atoms with E-state index in [1.54, 1.807) is 0 Å². The van der Waals surface area contributed by atoms with Crippen molar-refractivity contribution in [3.63, 3.8) is 0 Å². The van der Waals surface area contributed by atoms with Crippen LogP contribution in [-0.4, -0.2) is 4.98 Å². The lowest BCUT2D eigenvalue weighted by molar-refractivity contribution is -0.157. The van der Waals surface area contributed by atoms with E-state index in [0.29, 0.717) is 0 Å². The second-order valence-corrected chi connectivity index (χ2v) is 2.03. The number of rotatable bonds is 1. The zero-order valence-electron chi connectivity index (χ0n) is 5.15. The Hall–Kier alpha value is -0.710. The van der Waals surface area contributed by atoms with E-state index >= 15 is 0 Å². The molecule has 0 amide bonds. The maximum atomic E-state index is 11.7. The topological polar surface area (TPSA) is 26.0 Å². The lowest BCUT2D eigenvalue weighted by atomic mass is 10.6. The van der Waals surface area contributed by atoms with Crippen LogP contribution in [0, 0.1) is 0 Å². The Labute approximate surface area is 65.0 Å². The predicted octanol–water partition coefficient (Wildman–Crippen LogP) is 2.43. The van der Waals surface area contributed by atoms with Gasteiger partial charge in [-0.2, -0.15) is 13.2 Å². The fourth-order valence-electron chi connectivity index (χ4n) is 0.500. The van der Waals surface area contributed by atoms with Crippen LogP contribution in [0.2, 0.25) is 0 Å². The van der Waals surface area contributed by atoms with Crippen LogP contribution < -0.4 is 0 Å². The fraction of sp³-hybridized carbons (Fsp3) is 0.400. The van der Waals surface area contributed by atoms with Crippen molar-refractivity contribution in [3.8, 4) is 0 Å². The Morgan fingerprint density at radius 3 is 2.45 bits per heavy atom. The highest BCUT2D eigenvalue weighted by Gasteiger charge is 2.36. The highest BCUT2D eigenvalue weighted by Crippen LogP contribution is 2.28. The van der Waals surface area contributed by atoms with Crippen molar-refractivity contribution < 1.29 is 17.6 Å². The van der Waals surface area contributed by atoms with Gasteiger partial charge in [0.05, 0.1) is 12.1 Å². The highest BCUT2D eigenvalue weighted by atomic mass is 35.5. The summed E-state index contributed by atoms with van der Waals surface area (Å²) in [5.41, 5.74) is 0. The van der Waals surface area contributed by atoms with E-state index in [4.69, 9.17) is 11.6 Å². The number of oxazole rings is 1. The van der Waals surface area contributed by atoms with Gasteiger partial charge in [-0.05, 0) is 0 Å². The first-order chi connectivity index (χ1) is 5.04. The Morgan fingerprint density at radius 2 is 2.18 bits per heavy atom. The molecule has 0 saturated heterocycles. The quantitative estimate of drug-likeness (QED) is 0.628. The lowest BCUT2D eigenvalue weighted by Crippen LogP contribution is -2.04. The summed E-state index contributed by atoms with van der Waals surface area (Å²) >= 11 is 5.19. The van der Waals surface area contributed by atoms with Crippen molar-refractivity contribution in [3.05, 3.63) is 17.8 Å². The Bertz CT molecular complexity index is 244. The minimum atomic E-state index is -4.52. The Balaban J connectivity index is 2.89. The zero-order valence-corrected chi connectivity index (χ0v) is 5.91. The largest absolute Gasteiger partial charge is 0.468 e. The van der Waals surface area contributed by atoms with Crippen molar-refractivity contribution in [1.29, 1.82) is 0 Å². The van der Waals surface area contributed by atoms with Crippen LogP contribution in [0.4, 0.5) is 13.2 Å². The van der Waals surface area contributed by atoms with Crippen LogP contribution in [-0.2, 0) is 12.1 Å². The predicted molar refractivity (Wildman–Crippen MR) is 31.1 cm³/mol. The normalized spacial score (nSPS) is 12.0. The highest BCUT2D eigenvalue weighted by molar-refractivity contribution is 6.16. The average molecular weight is 186 g/mol. The molecule has 0 radical (unpaired) electrons. The number of hydrogen-bond acceptors (Lipinski definition) is 2. The van der Waals surface area contributed by atoms with Gasteiger partial charge in [-0.1, -0.05) is 0 Å². The summed E-state index contributed by atoms with van der Waals surface area (Å²) in [5.74, 6) is -1.35. The van der Waals surface area contributed by atoms with Crippen molar-refractivity contribution in [2.24, 2.45) is 0 Å². The van der Waals surface area contributed by atoms with Crippen LogP contribution in [0.1, 0.15) is 11.7 Å². The SMILES string of the molecule is FC(F)(F)c1ncc(CCl)o1. The van der Waals surface area contributed by atoms with Gasteiger partial charge in [0.1, 0.15) is 5.76 Å². The molecule has 1 aromatic rings. The van der Waals surface area contributed by atoms with Gasteiger partial charge in [0.2, 0.25) is 0 Å². The molecule has 1 heterocycles. The molecule has 0 bridgehead atoms. The standard InChI is InChI=1S/C5H3ClF3NO/c6-1-3-2-10-4(11-3)5(7,8)9/h2H,1H2. The van der Waals surface area contributed by atoms with E-state index in [9.17, 15) is 13.2 Å². The molecule has 11 heavy (non-hydrogen) atoms. The minimum Gasteiger partial charge on any atom is -0.437 e. The van der Waals surface area contributed by atoms with E-state index in [2.05, 4.69) is 9.40 Å². The van der Waals surface area contributed by atoms with Crippen LogP contribution in [0.15, 0.2) is 10.6 Å². The first-order valence-electron chi connectivity index (χ1n) is 2.62. The molecular formula is C5H3ClF3NO. The molecule has 0 fully saturated rings. The maximum absolute atomic E-state index is 11.7. The summed E-state index contributed by atoms with van der Waals surface area (Å²) in [5, 5.41) is 0. The summed E-state index contributed by atoms with van der Waals surface area (Å²) in [6.45, 7) is 0. The summed E-state index contributed by atoms with van der Waals surface area (Å²) in [6, 6.07) is 0. The first kappa shape index (κ1) is 8.39. The van der Waals surface area contributed by atoms with Gasteiger partial charge in [-0.15, -0.1) is 11.6 Å². The summed E-state index contributed by atoms with van der Waals surface area (Å²) in [4.78, 5) is 2.98. The van der Waals surface area contributed by atoms with Gasteiger partial charge in [0.25, 0.3) is 0 Å². The molecule has 0 aliphatic rings. The molecule has 2 nitrogen and oxygen atoms in total. The molecule has 1 aromatic heterocycles. The molecule has 0 aromatic carbocycles. The van der Waals surface area contributed by atoms with Gasteiger partial charge >= 0.3 is 12.1 Å². The first-order valence-corrected chi connectivity index (χ1v) is 3.15. The summed E-state index contributed by atoms with van der Waals surface area (Å²) in [6.07, 6.45) is -3.57. The molecule has 62 valence electrons. The number of aromatic nitrogens is 1. The molecule has 0 spiro atoms. The molecule has 0 saturated carbocycles. The van der Waals surface area contributed by atoms with Crippen LogP contribution in [0.5, 0.6) is 0 Å². The number of hydrogen-bond donors (Lipinski definition) is 0. The van der Waals surface area contributed by atoms with Gasteiger partial charge in [0, 0.05) is 0 Å². The maximum Gasteiger partial charge on any atom is 0.468 e. The van der Waals surface area contributed by atoms with Gasteiger partial charge in [-0.3, -0.25) is 0 Å². The van der Waals surface area contributed by atoms with Gasteiger partial charge in [-0.25, -0.2) is 4.98 Å². The summed E-state index contributed by atoms with van der Waals surface area (Å²) in [7, 11) is 0. The molecular weight excluding hydrogens is 183 g/mol. The third-order valence-corrected chi connectivity index (χ3v) is 1.19. The van der Waals surface area contributed by atoms with Crippen molar-refractivity contribution >= 4 is 11.6 Å². The molecule has 0 aliphatic carbocycles. The van der Waals surface area contributed by atoms with E-state index in [-0.39, 0.29) is 11.6 Å². The van der Waals surface area contributed by atoms with Crippen molar-refractivity contribution in [2.75, 3.05) is 0 Å². The van der Waals surface area contributed by atoms with Crippen LogP contribution in [0.3, 0.4) is 0 Å². The third kappa shape index (κ3) is 1.86. The van der Waals surface area contributed by atoms with Crippen LogP contribution in [0.25, 0.3) is 0 Å². The van der Waals surface area contributed by atoms with E-state index in [1.165, 1.54) is 0 Å². The molecule has 0 aliphatic heterocycles. The van der Waals surface area contributed by atoms with Crippen molar-refractivity contribution in [1.82, 2.24) is 4.98 Å². The second kappa shape index (κ2) is 2.73. The van der Waals surface area contributed by atoms with E-state index in [0.717, 1.165) is 6.20 Å². The molecule has 0 unspecified atom stereocenters. The van der Waals surface area contributed by atoms with Crippen molar-refractivity contribution in [2.45, 2.75) is 12.1 Å². The number of halogens is 4. The monoisotopic (exact) mass is 185 g/mol. The Kier molecular flexibility index (Phi) is 2.08. The zero-order chi connectivity index (χ0) is 8.48. The lowest BCUT2D eigenvalue weighted by Gasteiger charge is -1.97.